The van der Waals surface area contributed by atoms with Gasteiger partial charge in [-0.3, -0.25) is 25.2 Å². The number of phenols is 1. The van der Waals surface area contributed by atoms with Gasteiger partial charge in [0.05, 0.1) is 16.8 Å². The van der Waals surface area contributed by atoms with Crippen molar-refractivity contribution in [3.63, 3.8) is 0 Å². The Morgan fingerprint density at radius 3 is 2.28 bits per heavy atom. The molecule has 29 heavy (non-hydrogen) atoms. The van der Waals surface area contributed by atoms with Gasteiger partial charge in [0.1, 0.15) is 9.96 Å². The van der Waals surface area contributed by atoms with Gasteiger partial charge in [-0.1, -0.05) is 34.1 Å². The fourth-order valence-corrected chi connectivity index (χ4v) is 4.75. The summed E-state index contributed by atoms with van der Waals surface area (Å²) in [7, 11) is -3.85. The number of phenolic OH excluding ortho intramolecular Hbond substituents is 1. The third-order valence-corrected chi connectivity index (χ3v) is 6.93. The number of benzene rings is 2. The number of hydrogen-bond donors (Lipinski definition) is 4. The number of sulfonamides is 1. The summed E-state index contributed by atoms with van der Waals surface area (Å²) in [6.07, 6.45) is 0. The normalized spacial score (nSPS) is 10.9. The van der Waals surface area contributed by atoms with Crippen molar-refractivity contribution in [1.82, 2.24) is 10.9 Å². The van der Waals surface area contributed by atoms with Gasteiger partial charge in [-0.15, -0.1) is 11.3 Å². The number of rotatable bonds is 5. The highest BCUT2D eigenvalue weighted by Crippen LogP contribution is 2.23. The van der Waals surface area contributed by atoms with Gasteiger partial charge in [0, 0.05) is 4.47 Å². The number of nitrogens with one attached hydrogen (secondary N) is 3. The van der Waals surface area contributed by atoms with Gasteiger partial charge < -0.3 is 5.11 Å². The van der Waals surface area contributed by atoms with Crippen molar-refractivity contribution in [2.45, 2.75) is 4.21 Å². The highest BCUT2D eigenvalue weighted by molar-refractivity contribution is 9.10. The monoisotopic (exact) mass is 495 g/mol. The van der Waals surface area contributed by atoms with Crippen LogP contribution in [-0.2, 0) is 10.0 Å². The van der Waals surface area contributed by atoms with E-state index in [-0.39, 0.29) is 26.8 Å². The maximum absolute atomic E-state index is 12.5. The number of amides is 2. The molecule has 1 aromatic heterocycles. The molecule has 3 rings (SSSR count). The quantitative estimate of drug-likeness (QED) is 0.404. The molecule has 8 nitrogen and oxygen atoms in total. The molecule has 0 fully saturated rings. The van der Waals surface area contributed by atoms with Crippen LogP contribution in [0.5, 0.6) is 5.75 Å². The van der Waals surface area contributed by atoms with E-state index in [4.69, 9.17) is 0 Å². The molecule has 11 heteroatoms. The number of anilines is 1. The molecule has 0 radical (unpaired) electrons. The zero-order valence-electron chi connectivity index (χ0n) is 14.5. The van der Waals surface area contributed by atoms with E-state index in [1.807, 2.05) is 0 Å². The third-order valence-electron chi connectivity index (χ3n) is 3.67. The van der Waals surface area contributed by atoms with Crippen LogP contribution in [0.25, 0.3) is 0 Å². The highest BCUT2D eigenvalue weighted by atomic mass is 79.9. The SMILES string of the molecule is O=C(NNC(=O)c1ccccc1NS(=O)(=O)c1cccs1)c1ccc(Br)cc1O. The molecule has 0 unspecified atom stereocenters. The van der Waals surface area contributed by atoms with E-state index in [1.54, 1.807) is 29.6 Å². The summed E-state index contributed by atoms with van der Waals surface area (Å²) in [5.41, 5.74) is 4.41. The van der Waals surface area contributed by atoms with Crippen LogP contribution >= 0.6 is 27.3 Å². The summed E-state index contributed by atoms with van der Waals surface area (Å²) in [5, 5.41) is 11.5. The van der Waals surface area contributed by atoms with E-state index >= 15 is 0 Å². The van der Waals surface area contributed by atoms with Gasteiger partial charge in [0.2, 0.25) is 0 Å². The largest absolute Gasteiger partial charge is 0.507 e. The summed E-state index contributed by atoms with van der Waals surface area (Å²) in [5.74, 6) is -1.74. The minimum Gasteiger partial charge on any atom is -0.507 e. The molecule has 0 aliphatic carbocycles. The van der Waals surface area contributed by atoms with E-state index in [0.29, 0.717) is 4.47 Å². The van der Waals surface area contributed by atoms with Crippen LogP contribution in [0.15, 0.2) is 68.7 Å². The van der Waals surface area contributed by atoms with Crippen LogP contribution in [0.3, 0.4) is 0 Å². The Kier molecular flexibility index (Phi) is 6.20. The van der Waals surface area contributed by atoms with Gasteiger partial charge >= 0.3 is 0 Å². The number of halogens is 1. The summed E-state index contributed by atoms with van der Waals surface area (Å²) in [4.78, 5) is 24.7. The van der Waals surface area contributed by atoms with E-state index < -0.39 is 21.8 Å². The first kappa shape index (κ1) is 20.8. The molecule has 0 saturated carbocycles. The Bertz CT molecular complexity index is 1160. The topological polar surface area (TPSA) is 125 Å². The fourth-order valence-electron chi connectivity index (χ4n) is 2.33. The molecule has 3 aromatic rings. The molecule has 0 aliphatic heterocycles. The molecule has 150 valence electrons. The van der Waals surface area contributed by atoms with Crippen molar-refractivity contribution in [3.05, 3.63) is 75.6 Å². The number of thiophene rings is 1. The molecule has 0 atom stereocenters. The predicted molar refractivity (Wildman–Crippen MR) is 112 cm³/mol. The number of carbonyl (C=O) groups is 2. The molecule has 1 heterocycles. The zero-order chi connectivity index (χ0) is 21.0. The number of aromatic hydroxyl groups is 1. The van der Waals surface area contributed by atoms with Crippen molar-refractivity contribution in [2.75, 3.05) is 4.72 Å². The van der Waals surface area contributed by atoms with Crippen molar-refractivity contribution in [2.24, 2.45) is 0 Å². The Morgan fingerprint density at radius 1 is 0.931 bits per heavy atom. The first-order chi connectivity index (χ1) is 13.8. The number of hydrazine groups is 1. The van der Waals surface area contributed by atoms with E-state index in [9.17, 15) is 23.1 Å². The lowest BCUT2D eigenvalue weighted by Crippen LogP contribution is -2.42. The molecular weight excluding hydrogens is 482 g/mol. The summed E-state index contributed by atoms with van der Waals surface area (Å²) in [6, 6.07) is 13.3. The maximum Gasteiger partial charge on any atom is 0.273 e. The number of carbonyl (C=O) groups excluding carboxylic acids is 2. The van der Waals surface area contributed by atoms with Crippen molar-refractivity contribution < 1.29 is 23.1 Å². The zero-order valence-corrected chi connectivity index (χ0v) is 17.8. The predicted octanol–water partition coefficient (Wildman–Crippen LogP) is 3.09. The lowest BCUT2D eigenvalue weighted by Gasteiger charge is -2.13. The Labute approximate surface area is 178 Å². The molecule has 2 amide bonds. The van der Waals surface area contributed by atoms with E-state index in [1.165, 1.54) is 30.3 Å². The molecule has 0 spiro atoms. The summed E-state index contributed by atoms with van der Waals surface area (Å²) < 4.78 is 27.9. The average molecular weight is 496 g/mol. The van der Waals surface area contributed by atoms with Crippen LogP contribution in [0.4, 0.5) is 5.69 Å². The molecular formula is C18H14BrN3O5S2. The molecule has 2 aromatic carbocycles. The molecule has 0 aliphatic rings. The lowest BCUT2D eigenvalue weighted by molar-refractivity contribution is 0.0845. The Hall–Kier alpha value is -2.89. The first-order valence-corrected chi connectivity index (χ1v) is 11.2. The van der Waals surface area contributed by atoms with Crippen molar-refractivity contribution >= 4 is 54.8 Å². The van der Waals surface area contributed by atoms with Gasteiger partial charge in [0.15, 0.2) is 0 Å². The van der Waals surface area contributed by atoms with Gasteiger partial charge in [-0.05, 0) is 41.8 Å². The second-order valence-corrected chi connectivity index (χ2v) is 9.43. The minimum absolute atomic E-state index is 0.00737. The van der Waals surface area contributed by atoms with Crippen LogP contribution < -0.4 is 15.6 Å². The standard InChI is InChI=1S/C18H14BrN3O5S2/c19-11-7-8-13(15(23)10-11)18(25)21-20-17(24)12-4-1-2-5-14(12)22-29(26,27)16-6-3-9-28-16/h1-10,22-23H,(H,20,24)(H,21,25). The van der Waals surface area contributed by atoms with Gasteiger partial charge in [-0.25, -0.2) is 8.42 Å². The first-order valence-electron chi connectivity index (χ1n) is 8.02. The molecule has 0 bridgehead atoms. The van der Waals surface area contributed by atoms with Gasteiger partial charge in [0.25, 0.3) is 21.8 Å². The van der Waals surface area contributed by atoms with Crippen LogP contribution in [0, 0.1) is 0 Å². The number of para-hydroxylation sites is 1. The van der Waals surface area contributed by atoms with E-state index in [2.05, 4.69) is 31.5 Å². The maximum atomic E-state index is 12.5. The third kappa shape index (κ3) is 4.94. The van der Waals surface area contributed by atoms with Gasteiger partial charge in [-0.2, -0.15) is 0 Å². The Balaban J connectivity index is 1.74. The van der Waals surface area contributed by atoms with E-state index in [0.717, 1.165) is 11.3 Å². The summed E-state index contributed by atoms with van der Waals surface area (Å²) >= 11 is 4.21. The smallest absolute Gasteiger partial charge is 0.273 e. The summed E-state index contributed by atoms with van der Waals surface area (Å²) in [6.45, 7) is 0. The Morgan fingerprint density at radius 2 is 1.62 bits per heavy atom. The number of hydrogen-bond acceptors (Lipinski definition) is 6. The second kappa shape index (κ2) is 8.64. The van der Waals surface area contributed by atoms with Crippen LogP contribution in [0.1, 0.15) is 20.7 Å². The molecule has 4 N–H and O–H groups in total. The van der Waals surface area contributed by atoms with Crippen LogP contribution in [0.2, 0.25) is 0 Å². The van der Waals surface area contributed by atoms with Crippen LogP contribution in [-0.4, -0.2) is 25.3 Å². The fraction of sp³-hybridized carbons (Fsp3) is 0. The average Bonchev–Trinajstić information content (AvgIpc) is 3.22. The second-order valence-electron chi connectivity index (χ2n) is 5.65. The minimum atomic E-state index is -3.85. The van der Waals surface area contributed by atoms with Crippen molar-refractivity contribution in [3.8, 4) is 5.75 Å². The molecule has 0 saturated heterocycles. The van der Waals surface area contributed by atoms with Crippen molar-refractivity contribution in [1.29, 1.82) is 0 Å². The highest BCUT2D eigenvalue weighted by Gasteiger charge is 2.20. The lowest BCUT2D eigenvalue weighted by atomic mass is 10.2.